The number of hydrogen-bond donors (Lipinski definition) is 2. The molecule has 1 heterocycles. The summed E-state index contributed by atoms with van der Waals surface area (Å²) >= 11 is 0. The van der Waals surface area contributed by atoms with Crippen LogP contribution >= 0.6 is 0 Å². The van der Waals surface area contributed by atoms with E-state index in [2.05, 4.69) is 36.3 Å². The summed E-state index contributed by atoms with van der Waals surface area (Å²) in [6, 6.07) is 6.89. The highest BCUT2D eigenvalue weighted by Crippen LogP contribution is 2.22. The molecule has 0 aliphatic carbocycles. The summed E-state index contributed by atoms with van der Waals surface area (Å²) in [5.74, 6) is -0.0386. The van der Waals surface area contributed by atoms with E-state index in [0.29, 0.717) is 17.6 Å². The standard InChI is InChI=1S/C16H25N3O/c1-11(2)19-8-7-14(10-19)18-15-9-13(16(20)17-4)6-5-12(15)3/h5-6,9,11,14,18H,7-8,10H2,1-4H3,(H,17,20). The number of rotatable bonds is 4. The number of nitrogens with zero attached hydrogens (tertiary/aromatic N) is 1. The number of anilines is 1. The summed E-state index contributed by atoms with van der Waals surface area (Å²) in [5, 5.41) is 6.26. The molecule has 0 bridgehead atoms. The summed E-state index contributed by atoms with van der Waals surface area (Å²) in [4.78, 5) is 14.2. The Balaban J connectivity index is 2.08. The van der Waals surface area contributed by atoms with Crippen LogP contribution in [-0.2, 0) is 0 Å². The fourth-order valence-corrected chi connectivity index (χ4v) is 2.66. The summed E-state index contributed by atoms with van der Waals surface area (Å²) in [7, 11) is 1.66. The molecule has 1 fully saturated rings. The number of hydrogen-bond acceptors (Lipinski definition) is 3. The Morgan fingerprint density at radius 2 is 2.15 bits per heavy atom. The van der Waals surface area contributed by atoms with Crippen LogP contribution in [0.15, 0.2) is 18.2 Å². The van der Waals surface area contributed by atoms with E-state index < -0.39 is 0 Å². The van der Waals surface area contributed by atoms with Crippen LogP contribution in [0.4, 0.5) is 5.69 Å². The van der Waals surface area contributed by atoms with Crippen LogP contribution in [0.3, 0.4) is 0 Å². The molecule has 2 rings (SSSR count). The first kappa shape index (κ1) is 14.9. The zero-order valence-electron chi connectivity index (χ0n) is 12.9. The molecule has 0 aromatic heterocycles. The first-order valence-corrected chi connectivity index (χ1v) is 7.34. The lowest BCUT2D eigenvalue weighted by atomic mass is 10.1. The maximum absolute atomic E-state index is 11.7. The summed E-state index contributed by atoms with van der Waals surface area (Å²) in [5.41, 5.74) is 2.96. The van der Waals surface area contributed by atoms with Gasteiger partial charge in [-0.3, -0.25) is 9.69 Å². The monoisotopic (exact) mass is 275 g/mol. The third-order valence-corrected chi connectivity index (χ3v) is 4.04. The SMILES string of the molecule is CNC(=O)c1ccc(C)c(NC2CCN(C(C)C)C2)c1. The van der Waals surface area contributed by atoms with Gasteiger partial charge in [0.25, 0.3) is 5.91 Å². The van der Waals surface area contributed by atoms with Crippen LogP contribution in [0.25, 0.3) is 0 Å². The number of benzene rings is 1. The van der Waals surface area contributed by atoms with Gasteiger partial charge in [0.05, 0.1) is 0 Å². The molecule has 4 heteroatoms. The van der Waals surface area contributed by atoms with Gasteiger partial charge in [0.15, 0.2) is 0 Å². The summed E-state index contributed by atoms with van der Waals surface area (Å²) < 4.78 is 0. The minimum atomic E-state index is -0.0386. The van der Waals surface area contributed by atoms with Gasteiger partial charge in [0.1, 0.15) is 0 Å². The first-order valence-electron chi connectivity index (χ1n) is 7.34. The second kappa shape index (κ2) is 6.27. The van der Waals surface area contributed by atoms with E-state index in [1.807, 2.05) is 18.2 Å². The van der Waals surface area contributed by atoms with Gasteiger partial charge in [-0.15, -0.1) is 0 Å². The quantitative estimate of drug-likeness (QED) is 0.886. The second-order valence-electron chi connectivity index (χ2n) is 5.83. The van der Waals surface area contributed by atoms with Gasteiger partial charge < -0.3 is 10.6 Å². The fourth-order valence-electron chi connectivity index (χ4n) is 2.66. The smallest absolute Gasteiger partial charge is 0.251 e. The van der Waals surface area contributed by atoms with E-state index in [9.17, 15) is 4.79 Å². The first-order chi connectivity index (χ1) is 9.51. The van der Waals surface area contributed by atoms with Crippen molar-refractivity contribution >= 4 is 11.6 Å². The van der Waals surface area contributed by atoms with Crippen molar-refractivity contribution in [3.05, 3.63) is 29.3 Å². The summed E-state index contributed by atoms with van der Waals surface area (Å²) in [6.45, 7) is 8.76. The van der Waals surface area contributed by atoms with E-state index in [4.69, 9.17) is 0 Å². The van der Waals surface area contributed by atoms with Crippen molar-refractivity contribution in [3.63, 3.8) is 0 Å². The molecule has 1 atom stereocenters. The Bertz CT molecular complexity index is 485. The minimum absolute atomic E-state index is 0.0386. The largest absolute Gasteiger partial charge is 0.381 e. The predicted octanol–water partition coefficient (Wildman–Crippen LogP) is 2.25. The van der Waals surface area contributed by atoms with Crippen molar-refractivity contribution in [2.45, 2.75) is 39.3 Å². The number of amides is 1. The molecule has 20 heavy (non-hydrogen) atoms. The molecule has 1 aromatic carbocycles. The van der Waals surface area contributed by atoms with Crippen LogP contribution in [0.1, 0.15) is 36.2 Å². The number of nitrogens with one attached hydrogen (secondary N) is 2. The maximum atomic E-state index is 11.7. The zero-order chi connectivity index (χ0) is 14.7. The topological polar surface area (TPSA) is 44.4 Å². The highest BCUT2D eigenvalue weighted by atomic mass is 16.1. The van der Waals surface area contributed by atoms with Gasteiger partial charge in [-0.1, -0.05) is 6.07 Å². The van der Waals surface area contributed by atoms with E-state index >= 15 is 0 Å². The van der Waals surface area contributed by atoms with E-state index in [0.717, 1.165) is 25.2 Å². The Morgan fingerprint density at radius 1 is 1.40 bits per heavy atom. The lowest BCUT2D eigenvalue weighted by Crippen LogP contribution is -2.31. The second-order valence-corrected chi connectivity index (χ2v) is 5.83. The normalized spacial score (nSPS) is 19.4. The van der Waals surface area contributed by atoms with E-state index in [1.54, 1.807) is 7.05 Å². The fraction of sp³-hybridized carbons (Fsp3) is 0.562. The molecule has 2 N–H and O–H groups in total. The van der Waals surface area contributed by atoms with Gasteiger partial charge in [0.2, 0.25) is 0 Å². The van der Waals surface area contributed by atoms with E-state index in [-0.39, 0.29) is 5.91 Å². The van der Waals surface area contributed by atoms with Crippen LogP contribution in [0.2, 0.25) is 0 Å². The number of aryl methyl sites for hydroxylation is 1. The lowest BCUT2D eigenvalue weighted by molar-refractivity contribution is 0.0963. The molecule has 0 spiro atoms. The highest BCUT2D eigenvalue weighted by molar-refractivity contribution is 5.95. The molecule has 0 radical (unpaired) electrons. The minimum Gasteiger partial charge on any atom is -0.381 e. The molecule has 1 aliphatic heterocycles. The molecule has 1 amide bonds. The predicted molar refractivity (Wildman–Crippen MR) is 83.3 cm³/mol. The third-order valence-electron chi connectivity index (χ3n) is 4.04. The van der Waals surface area contributed by atoms with Crippen molar-refractivity contribution in [1.82, 2.24) is 10.2 Å². The van der Waals surface area contributed by atoms with Gasteiger partial charge in [-0.25, -0.2) is 0 Å². The molecule has 110 valence electrons. The van der Waals surface area contributed by atoms with Gasteiger partial charge in [-0.05, 0) is 44.9 Å². The number of carbonyl (C=O) groups excluding carboxylic acids is 1. The van der Waals surface area contributed by atoms with Crippen LogP contribution in [-0.4, -0.2) is 43.0 Å². The maximum Gasteiger partial charge on any atom is 0.251 e. The van der Waals surface area contributed by atoms with Crippen molar-refractivity contribution in [2.24, 2.45) is 0 Å². The molecule has 1 saturated heterocycles. The lowest BCUT2D eigenvalue weighted by Gasteiger charge is -2.21. The molecule has 1 unspecified atom stereocenters. The van der Waals surface area contributed by atoms with Crippen LogP contribution in [0.5, 0.6) is 0 Å². The van der Waals surface area contributed by atoms with E-state index in [1.165, 1.54) is 5.56 Å². The zero-order valence-corrected chi connectivity index (χ0v) is 12.9. The van der Waals surface area contributed by atoms with Crippen molar-refractivity contribution in [3.8, 4) is 0 Å². The van der Waals surface area contributed by atoms with Gasteiger partial charge >= 0.3 is 0 Å². The van der Waals surface area contributed by atoms with Crippen molar-refractivity contribution in [1.29, 1.82) is 0 Å². The van der Waals surface area contributed by atoms with Gasteiger partial charge in [0, 0.05) is 43.5 Å². The molecule has 0 saturated carbocycles. The average molecular weight is 275 g/mol. The highest BCUT2D eigenvalue weighted by Gasteiger charge is 2.24. The average Bonchev–Trinajstić information content (AvgIpc) is 2.89. The van der Waals surface area contributed by atoms with Crippen molar-refractivity contribution < 1.29 is 4.79 Å². The molecular formula is C16H25N3O. The Labute approximate surface area is 121 Å². The van der Waals surface area contributed by atoms with Gasteiger partial charge in [-0.2, -0.15) is 0 Å². The third kappa shape index (κ3) is 3.31. The molecule has 1 aliphatic rings. The number of carbonyl (C=O) groups is 1. The Kier molecular flexibility index (Phi) is 4.65. The van der Waals surface area contributed by atoms with Crippen molar-refractivity contribution in [2.75, 3.05) is 25.5 Å². The Morgan fingerprint density at radius 3 is 2.75 bits per heavy atom. The molecule has 4 nitrogen and oxygen atoms in total. The molecule has 1 aromatic rings. The van der Waals surface area contributed by atoms with Crippen LogP contribution in [0, 0.1) is 6.92 Å². The van der Waals surface area contributed by atoms with Crippen LogP contribution < -0.4 is 10.6 Å². The Hall–Kier alpha value is -1.55. The molecular weight excluding hydrogens is 250 g/mol. The number of likely N-dealkylation sites (tertiary alicyclic amines) is 1. The summed E-state index contributed by atoms with van der Waals surface area (Å²) in [6.07, 6.45) is 1.15.